The van der Waals surface area contributed by atoms with Gasteiger partial charge in [0.25, 0.3) is 0 Å². The molecule has 116 valence electrons. The van der Waals surface area contributed by atoms with Crippen molar-refractivity contribution in [2.24, 2.45) is 0 Å². The van der Waals surface area contributed by atoms with Crippen molar-refractivity contribution in [1.82, 2.24) is 4.90 Å². The molecule has 6 heteroatoms. The summed E-state index contributed by atoms with van der Waals surface area (Å²) in [5, 5.41) is 3.44. The van der Waals surface area contributed by atoms with Gasteiger partial charge in [0.15, 0.2) is 0 Å². The largest absolute Gasteiger partial charge is 0.465 e. The average Bonchev–Trinajstić information content (AvgIpc) is 2.41. The fourth-order valence-corrected chi connectivity index (χ4v) is 2.06. The Hall–Kier alpha value is -1.59. The van der Waals surface area contributed by atoms with Crippen LogP contribution in [0.1, 0.15) is 19.4 Å². The van der Waals surface area contributed by atoms with Gasteiger partial charge in [-0.3, -0.25) is 14.5 Å². The van der Waals surface area contributed by atoms with E-state index in [1.54, 1.807) is 30.0 Å². The molecule has 1 N–H and O–H groups in total. The Bertz CT molecular complexity index is 506. The van der Waals surface area contributed by atoms with E-state index in [-0.39, 0.29) is 25.0 Å². The summed E-state index contributed by atoms with van der Waals surface area (Å²) < 4.78 is 4.88. The molecule has 5 nitrogen and oxygen atoms in total. The van der Waals surface area contributed by atoms with Crippen LogP contribution in [0.4, 0.5) is 5.69 Å². The molecule has 0 aliphatic rings. The zero-order valence-corrected chi connectivity index (χ0v) is 13.4. The van der Waals surface area contributed by atoms with E-state index < -0.39 is 0 Å². The van der Waals surface area contributed by atoms with Crippen LogP contribution < -0.4 is 5.32 Å². The number of anilines is 1. The van der Waals surface area contributed by atoms with Crippen LogP contribution >= 0.6 is 11.6 Å². The van der Waals surface area contributed by atoms with Crippen molar-refractivity contribution in [3.05, 3.63) is 28.8 Å². The molecule has 0 aliphatic heterocycles. The number of hydrogen-bond acceptors (Lipinski definition) is 4. The van der Waals surface area contributed by atoms with Gasteiger partial charge in [0, 0.05) is 10.7 Å². The van der Waals surface area contributed by atoms with Gasteiger partial charge in [-0.1, -0.05) is 18.5 Å². The maximum absolute atomic E-state index is 12.0. The molecule has 1 amide bonds. The molecule has 0 saturated carbocycles. The smallest absolute Gasteiger partial charge is 0.320 e. The topological polar surface area (TPSA) is 58.6 Å². The number of aryl methyl sites for hydroxylation is 1. The van der Waals surface area contributed by atoms with Crippen LogP contribution in [0.2, 0.25) is 5.02 Å². The number of nitrogens with zero attached hydrogens (tertiary/aromatic N) is 1. The van der Waals surface area contributed by atoms with Gasteiger partial charge in [0.2, 0.25) is 5.91 Å². The molecule has 0 aliphatic carbocycles. The Morgan fingerprint density at radius 3 is 2.57 bits per heavy atom. The Morgan fingerprint density at radius 1 is 1.29 bits per heavy atom. The van der Waals surface area contributed by atoms with Crippen LogP contribution in [0.25, 0.3) is 0 Å². The third kappa shape index (κ3) is 6.14. The van der Waals surface area contributed by atoms with E-state index >= 15 is 0 Å². The number of benzene rings is 1. The molecule has 0 aromatic heterocycles. The normalized spacial score (nSPS) is 10.5. The quantitative estimate of drug-likeness (QED) is 0.786. The number of likely N-dealkylation sites (N-methyl/N-ethyl adjacent to an activating group) is 1. The predicted octanol–water partition coefficient (Wildman–Crippen LogP) is 2.47. The summed E-state index contributed by atoms with van der Waals surface area (Å²) in [6.07, 6.45) is 0. The lowest BCUT2D eigenvalue weighted by Gasteiger charge is -2.19. The predicted molar refractivity (Wildman–Crippen MR) is 83.6 cm³/mol. The fourth-order valence-electron chi connectivity index (χ4n) is 1.83. The molecule has 0 radical (unpaired) electrons. The lowest BCUT2D eigenvalue weighted by atomic mass is 10.2. The fraction of sp³-hybridized carbons (Fsp3) is 0.467. The Kier molecular flexibility index (Phi) is 7.19. The second kappa shape index (κ2) is 8.64. The van der Waals surface area contributed by atoms with E-state index in [1.165, 1.54) is 0 Å². The molecular formula is C15H21ClN2O3. The number of carbonyl (C=O) groups excluding carboxylic acids is 2. The summed E-state index contributed by atoms with van der Waals surface area (Å²) in [7, 11) is 0. The van der Waals surface area contributed by atoms with E-state index in [0.29, 0.717) is 18.2 Å². The first kappa shape index (κ1) is 17.5. The molecule has 0 unspecified atom stereocenters. The van der Waals surface area contributed by atoms with Crippen LogP contribution in [0.3, 0.4) is 0 Å². The van der Waals surface area contributed by atoms with Gasteiger partial charge in [0.1, 0.15) is 0 Å². The van der Waals surface area contributed by atoms with Crippen molar-refractivity contribution in [1.29, 1.82) is 0 Å². The van der Waals surface area contributed by atoms with Gasteiger partial charge in [-0.25, -0.2) is 0 Å². The standard InChI is InChI=1S/C15H21ClN2O3/c1-4-18(10-15(20)21-5-2)9-14(19)17-13-7-6-12(16)8-11(13)3/h6-8H,4-5,9-10H2,1-3H3,(H,17,19). The summed E-state index contributed by atoms with van der Waals surface area (Å²) in [5.41, 5.74) is 1.61. The first-order chi connectivity index (χ1) is 9.96. The van der Waals surface area contributed by atoms with Crippen molar-refractivity contribution in [3.63, 3.8) is 0 Å². The highest BCUT2D eigenvalue weighted by Crippen LogP contribution is 2.19. The molecule has 1 aromatic rings. The number of hydrogen-bond donors (Lipinski definition) is 1. The third-order valence-electron chi connectivity index (χ3n) is 2.93. The van der Waals surface area contributed by atoms with Gasteiger partial charge in [-0.05, 0) is 44.2 Å². The maximum atomic E-state index is 12.0. The highest BCUT2D eigenvalue weighted by molar-refractivity contribution is 6.30. The number of carbonyl (C=O) groups is 2. The number of nitrogens with one attached hydrogen (secondary N) is 1. The number of rotatable bonds is 7. The summed E-state index contributed by atoms with van der Waals surface area (Å²) in [5.74, 6) is -0.499. The molecule has 0 spiro atoms. The highest BCUT2D eigenvalue weighted by Gasteiger charge is 2.14. The Labute approximate surface area is 130 Å². The van der Waals surface area contributed by atoms with E-state index in [2.05, 4.69) is 5.32 Å². The first-order valence-electron chi connectivity index (χ1n) is 6.90. The van der Waals surface area contributed by atoms with Gasteiger partial charge in [-0.15, -0.1) is 0 Å². The zero-order valence-electron chi connectivity index (χ0n) is 12.6. The lowest BCUT2D eigenvalue weighted by molar-refractivity contribution is -0.144. The van der Waals surface area contributed by atoms with Crippen molar-refractivity contribution >= 4 is 29.2 Å². The van der Waals surface area contributed by atoms with Crippen LogP contribution in [-0.4, -0.2) is 43.0 Å². The summed E-state index contributed by atoms with van der Waals surface area (Å²) >= 11 is 5.87. The summed E-state index contributed by atoms with van der Waals surface area (Å²) in [6, 6.07) is 5.27. The summed E-state index contributed by atoms with van der Waals surface area (Å²) in [6.45, 7) is 6.69. The van der Waals surface area contributed by atoms with E-state index in [0.717, 1.165) is 11.3 Å². The van der Waals surface area contributed by atoms with Crippen molar-refractivity contribution < 1.29 is 14.3 Å². The average molecular weight is 313 g/mol. The van der Waals surface area contributed by atoms with Crippen LogP contribution in [0.15, 0.2) is 18.2 Å². The van der Waals surface area contributed by atoms with Crippen molar-refractivity contribution in [2.75, 3.05) is 31.6 Å². The minimum Gasteiger partial charge on any atom is -0.465 e. The van der Waals surface area contributed by atoms with Crippen molar-refractivity contribution in [3.8, 4) is 0 Å². The maximum Gasteiger partial charge on any atom is 0.320 e. The van der Waals surface area contributed by atoms with Crippen LogP contribution in [0, 0.1) is 6.92 Å². The zero-order chi connectivity index (χ0) is 15.8. The number of esters is 1. The minimum atomic E-state index is -0.324. The number of ether oxygens (including phenoxy) is 1. The van der Waals surface area contributed by atoms with Crippen LogP contribution in [-0.2, 0) is 14.3 Å². The van der Waals surface area contributed by atoms with E-state index in [9.17, 15) is 9.59 Å². The molecule has 0 atom stereocenters. The Morgan fingerprint density at radius 2 is 2.00 bits per heavy atom. The lowest BCUT2D eigenvalue weighted by Crippen LogP contribution is -2.37. The van der Waals surface area contributed by atoms with Gasteiger partial charge < -0.3 is 10.1 Å². The third-order valence-corrected chi connectivity index (χ3v) is 3.17. The molecule has 0 saturated heterocycles. The van der Waals surface area contributed by atoms with Crippen LogP contribution in [0.5, 0.6) is 0 Å². The SMILES string of the molecule is CCOC(=O)CN(CC)CC(=O)Nc1ccc(Cl)cc1C. The molecular weight excluding hydrogens is 292 g/mol. The van der Waals surface area contributed by atoms with Gasteiger partial charge >= 0.3 is 5.97 Å². The highest BCUT2D eigenvalue weighted by atomic mass is 35.5. The molecule has 0 heterocycles. The molecule has 1 aromatic carbocycles. The second-order valence-corrected chi connectivity index (χ2v) is 5.05. The van der Waals surface area contributed by atoms with Gasteiger partial charge in [0.05, 0.1) is 19.7 Å². The molecule has 21 heavy (non-hydrogen) atoms. The van der Waals surface area contributed by atoms with E-state index in [4.69, 9.17) is 16.3 Å². The number of amides is 1. The second-order valence-electron chi connectivity index (χ2n) is 4.62. The minimum absolute atomic E-state index is 0.108. The van der Waals surface area contributed by atoms with Gasteiger partial charge in [-0.2, -0.15) is 0 Å². The first-order valence-corrected chi connectivity index (χ1v) is 7.28. The Balaban J connectivity index is 2.56. The monoisotopic (exact) mass is 312 g/mol. The molecule has 0 fully saturated rings. The molecule has 0 bridgehead atoms. The number of halogens is 1. The molecule has 1 rings (SSSR count). The van der Waals surface area contributed by atoms with E-state index in [1.807, 2.05) is 13.8 Å². The summed E-state index contributed by atoms with van der Waals surface area (Å²) in [4.78, 5) is 25.2. The van der Waals surface area contributed by atoms with Crippen molar-refractivity contribution in [2.45, 2.75) is 20.8 Å².